The Morgan fingerprint density at radius 3 is 2.56 bits per heavy atom. The maximum Gasteiger partial charge on any atom is 0.228 e. The molecule has 1 fully saturated rings. The molecule has 4 aromatic rings. The number of carbonyl (C=O) groups is 1. The predicted octanol–water partition coefficient (Wildman–Crippen LogP) is 3.78. The molecule has 8 heteroatoms. The van der Waals surface area contributed by atoms with Crippen molar-refractivity contribution in [2.75, 3.05) is 50.6 Å². The van der Waals surface area contributed by atoms with E-state index in [1.807, 2.05) is 60.0 Å². The Morgan fingerprint density at radius 1 is 1.06 bits per heavy atom. The quantitative estimate of drug-likeness (QED) is 0.430. The first-order valence-electron chi connectivity index (χ1n) is 12.3. The molecule has 1 saturated heterocycles. The molecule has 0 spiro atoms. The smallest absolute Gasteiger partial charge is 0.228 e. The number of hydrogen-bond acceptors (Lipinski definition) is 6. The summed E-state index contributed by atoms with van der Waals surface area (Å²) >= 11 is 0. The Kier molecular flexibility index (Phi) is 6.97. The Bertz CT molecular complexity index is 1360. The molecule has 36 heavy (non-hydrogen) atoms. The second kappa shape index (κ2) is 10.5. The van der Waals surface area contributed by atoms with Crippen LogP contribution in [0, 0.1) is 6.92 Å². The number of aromatic nitrogens is 3. The van der Waals surface area contributed by atoms with Gasteiger partial charge in [-0.2, -0.15) is 0 Å². The largest absolute Gasteiger partial charge is 0.378 e. The molecule has 186 valence electrons. The topological polar surface area (TPSA) is 75.0 Å². The van der Waals surface area contributed by atoms with Gasteiger partial charge in [-0.3, -0.25) is 4.79 Å². The third-order valence-electron chi connectivity index (χ3n) is 6.18. The summed E-state index contributed by atoms with van der Waals surface area (Å²) in [7, 11) is 4.12. The number of morpholine rings is 1. The number of ether oxygens (including phenoxy) is 1. The molecule has 3 heterocycles. The van der Waals surface area contributed by atoms with Gasteiger partial charge in [0.25, 0.3) is 0 Å². The maximum atomic E-state index is 12.5. The van der Waals surface area contributed by atoms with Crippen molar-refractivity contribution in [1.82, 2.24) is 19.5 Å². The summed E-state index contributed by atoms with van der Waals surface area (Å²) in [4.78, 5) is 21.9. The van der Waals surface area contributed by atoms with Gasteiger partial charge in [-0.25, -0.2) is 9.50 Å². The Balaban J connectivity index is 1.39. The van der Waals surface area contributed by atoms with Gasteiger partial charge in [0.15, 0.2) is 11.6 Å². The monoisotopic (exact) mass is 484 g/mol. The number of carbonyl (C=O) groups excluding carboxylic acids is 1. The van der Waals surface area contributed by atoms with Gasteiger partial charge < -0.3 is 19.9 Å². The molecule has 1 N–H and O–H groups in total. The number of amides is 1. The fourth-order valence-corrected chi connectivity index (χ4v) is 4.53. The van der Waals surface area contributed by atoms with Crippen molar-refractivity contribution in [1.29, 1.82) is 0 Å². The zero-order valence-corrected chi connectivity index (χ0v) is 21.1. The zero-order chi connectivity index (χ0) is 25.1. The van der Waals surface area contributed by atoms with Crippen LogP contribution >= 0.6 is 0 Å². The summed E-state index contributed by atoms with van der Waals surface area (Å²) in [6, 6.07) is 17.9. The van der Waals surface area contributed by atoms with Crippen LogP contribution in [0.25, 0.3) is 16.9 Å². The van der Waals surface area contributed by atoms with Crippen molar-refractivity contribution < 1.29 is 9.53 Å². The van der Waals surface area contributed by atoms with Crippen molar-refractivity contribution in [2.24, 2.45) is 0 Å². The van der Waals surface area contributed by atoms with Crippen LogP contribution in [0.5, 0.6) is 0 Å². The lowest BCUT2D eigenvalue weighted by molar-refractivity contribution is -0.115. The average molecular weight is 485 g/mol. The van der Waals surface area contributed by atoms with Gasteiger partial charge >= 0.3 is 0 Å². The van der Waals surface area contributed by atoms with Crippen molar-refractivity contribution in [3.05, 3.63) is 77.5 Å². The predicted molar refractivity (Wildman–Crippen MR) is 142 cm³/mol. The normalized spacial score (nSPS) is 13.9. The maximum absolute atomic E-state index is 12.5. The first kappa shape index (κ1) is 24.0. The molecule has 5 rings (SSSR count). The summed E-state index contributed by atoms with van der Waals surface area (Å²) in [6.07, 6.45) is 2.42. The third kappa shape index (κ3) is 5.56. The number of benzene rings is 2. The summed E-state index contributed by atoms with van der Waals surface area (Å²) < 4.78 is 7.50. The summed E-state index contributed by atoms with van der Waals surface area (Å²) in [5.74, 6) is 1.53. The van der Waals surface area contributed by atoms with Crippen molar-refractivity contribution in [3.8, 4) is 11.4 Å². The second-order valence-electron chi connectivity index (χ2n) is 9.57. The second-order valence-corrected chi connectivity index (χ2v) is 9.57. The molecule has 8 nitrogen and oxygen atoms in total. The number of anilines is 2. The van der Waals surface area contributed by atoms with Crippen LogP contribution in [0.15, 0.2) is 60.8 Å². The average Bonchev–Trinajstić information content (AvgIpc) is 3.26. The molecule has 0 bridgehead atoms. The summed E-state index contributed by atoms with van der Waals surface area (Å²) in [5.41, 5.74) is 5.98. The Hall–Kier alpha value is -3.75. The highest BCUT2D eigenvalue weighted by Crippen LogP contribution is 2.27. The molecule has 0 saturated carbocycles. The summed E-state index contributed by atoms with van der Waals surface area (Å²) in [6.45, 7) is 5.83. The lowest BCUT2D eigenvalue weighted by Crippen LogP contribution is -2.37. The molecular formula is C28H32N6O2. The highest BCUT2D eigenvalue weighted by molar-refractivity contribution is 5.92. The molecule has 0 atom stereocenters. The molecule has 1 aliphatic heterocycles. The number of hydrogen-bond donors (Lipinski definition) is 1. The molecular weight excluding hydrogens is 452 g/mol. The minimum Gasteiger partial charge on any atom is -0.378 e. The summed E-state index contributed by atoms with van der Waals surface area (Å²) in [5, 5.41) is 7.82. The van der Waals surface area contributed by atoms with E-state index in [2.05, 4.69) is 41.5 Å². The fourth-order valence-electron chi connectivity index (χ4n) is 4.53. The van der Waals surface area contributed by atoms with Crippen molar-refractivity contribution >= 4 is 22.9 Å². The highest BCUT2D eigenvalue weighted by atomic mass is 16.5. The first-order valence-corrected chi connectivity index (χ1v) is 12.3. The van der Waals surface area contributed by atoms with Gasteiger partial charge in [0.2, 0.25) is 5.91 Å². The third-order valence-corrected chi connectivity index (χ3v) is 6.18. The molecule has 0 unspecified atom stereocenters. The van der Waals surface area contributed by atoms with Crippen LogP contribution in [-0.2, 0) is 22.5 Å². The van der Waals surface area contributed by atoms with Gasteiger partial charge in [-0.15, -0.1) is 5.10 Å². The van der Waals surface area contributed by atoms with Gasteiger partial charge in [0.1, 0.15) is 5.52 Å². The van der Waals surface area contributed by atoms with Crippen LogP contribution in [-0.4, -0.2) is 65.8 Å². The van der Waals surface area contributed by atoms with E-state index >= 15 is 0 Å². The van der Waals surface area contributed by atoms with E-state index in [4.69, 9.17) is 14.8 Å². The van der Waals surface area contributed by atoms with E-state index in [1.54, 1.807) is 0 Å². The molecule has 2 aromatic carbocycles. The van der Waals surface area contributed by atoms with E-state index in [9.17, 15) is 4.79 Å². The molecule has 1 amide bonds. The highest BCUT2D eigenvalue weighted by Gasteiger charge is 2.19. The van der Waals surface area contributed by atoms with Crippen LogP contribution in [0.3, 0.4) is 0 Å². The van der Waals surface area contributed by atoms with Gasteiger partial charge in [0, 0.05) is 37.1 Å². The lowest BCUT2D eigenvalue weighted by Gasteiger charge is -2.28. The standard InChI is InChI=1S/C28H32N6O2/c1-20-5-4-6-21(15-20)17-26(35)29-24-9-7-23(8-10-24)27-30-28(33-11-13-36-14-12-33)25-16-22(18-32(2)3)19-34(25)31-27/h4-10,15-16,19H,11-14,17-18H2,1-3H3,(H,29,35). The van der Waals surface area contributed by atoms with Gasteiger partial charge in [-0.05, 0) is 62.5 Å². The molecule has 1 aliphatic rings. The van der Waals surface area contributed by atoms with Gasteiger partial charge in [0.05, 0.1) is 19.6 Å². The number of aryl methyl sites for hydroxylation is 1. The Labute approximate surface area is 211 Å². The SMILES string of the molecule is Cc1cccc(CC(=O)Nc2ccc(-c3nc(N4CCOCC4)c4cc(CN(C)C)cn4n3)cc2)c1. The van der Waals surface area contributed by atoms with Crippen molar-refractivity contribution in [2.45, 2.75) is 19.9 Å². The van der Waals surface area contributed by atoms with E-state index in [0.29, 0.717) is 25.5 Å². The van der Waals surface area contributed by atoms with Crippen LogP contribution in [0.1, 0.15) is 16.7 Å². The van der Waals surface area contributed by atoms with Crippen LogP contribution < -0.4 is 10.2 Å². The van der Waals surface area contributed by atoms with E-state index in [1.165, 1.54) is 5.56 Å². The first-order chi connectivity index (χ1) is 17.4. The molecule has 0 aliphatic carbocycles. The van der Waals surface area contributed by atoms with Crippen molar-refractivity contribution in [3.63, 3.8) is 0 Å². The number of nitrogens with zero attached hydrogens (tertiary/aromatic N) is 5. The Morgan fingerprint density at radius 2 is 1.83 bits per heavy atom. The van der Waals surface area contributed by atoms with Crippen LogP contribution in [0.2, 0.25) is 0 Å². The van der Waals surface area contributed by atoms with Crippen LogP contribution in [0.4, 0.5) is 11.5 Å². The fraction of sp³-hybridized carbons (Fsp3) is 0.321. The minimum atomic E-state index is -0.0404. The van der Waals surface area contributed by atoms with Gasteiger partial charge in [-0.1, -0.05) is 29.8 Å². The van der Waals surface area contributed by atoms with E-state index in [0.717, 1.165) is 53.3 Å². The molecule has 0 radical (unpaired) electrons. The number of rotatable bonds is 7. The van der Waals surface area contributed by atoms with E-state index in [-0.39, 0.29) is 5.91 Å². The zero-order valence-electron chi connectivity index (χ0n) is 21.1. The lowest BCUT2D eigenvalue weighted by atomic mass is 10.1. The molecule has 2 aromatic heterocycles. The number of fused-ring (bicyclic) bond motifs is 1. The minimum absolute atomic E-state index is 0.0404. The number of nitrogens with one attached hydrogen (secondary N) is 1. The van der Waals surface area contributed by atoms with E-state index < -0.39 is 0 Å².